The van der Waals surface area contributed by atoms with Gasteiger partial charge in [0.15, 0.2) is 0 Å². The highest BCUT2D eigenvalue weighted by Crippen LogP contribution is 2.37. The van der Waals surface area contributed by atoms with Gasteiger partial charge < -0.3 is 4.74 Å². The van der Waals surface area contributed by atoms with Crippen LogP contribution in [0.15, 0.2) is 67.7 Å². The number of hydrogen-bond acceptors (Lipinski definition) is 8. The normalized spacial score (nSPS) is 18.7. The third-order valence-corrected chi connectivity index (χ3v) is 11.0. The predicted molar refractivity (Wildman–Crippen MR) is 200 cm³/mol. The number of halogens is 2. The van der Waals surface area contributed by atoms with Gasteiger partial charge in [-0.2, -0.15) is 9.97 Å². The molecule has 52 heavy (non-hydrogen) atoms. The molecular weight excluding hydrogens is 733 g/mol. The van der Waals surface area contributed by atoms with Gasteiger partial charge in [-0.05, 0) is 69.6 Å². The Morgan fingerprint density at radius 1 is 0.750 bits per heavy atom. The molecule has 4 heterocycles. The fraction of sp³-hybridized carbons (Fsp3) is 0.526. The van der Waals surface area contributed by atoms with Crippen molar-refractivity contribution in [3.63, 3.8) is 0 Å². The van der Waals surface area contributed by atoms with Crippen LogP contribution in [0.1, 0.15) is 69.6 Å². The summed E-state index contributed by atoms with van der Waals surface area (Å²) in [6, 6.07) is 15.6. The molecule has 4 aromatic rings. The molecule has 0 saturated carbocycles. The fourth-order valence-electron chi connectivity index (χ4n) is 7.91. The number of rotatable bonds is 16. The SMILES string of the molecule is CCn1c(CCc2nc(=O)n(CCCN3C4CCC3CC(OCc3c(F)cccc3-c3ccccc3)C4)c(=O)n2CC)nc(=O)n(CCCBr)c1=O. The van der Waals surface area contributed by atoms with Gasteiger partial charge in [0.1, 0.15) is 17.5 Å². The molecule has 0 amide bonds. The number of benzene rings is 2. The highest BCUT2D eigenvalue weighted by Gasteiger charge is 2.40. The molecule has 6 rings (SSSR count). The summed E-state index contributed by atoms with van der Waals surface area (Å²) >= 11 is 3.33. The van der Waals surface area contributed by atoms with Crippen LogP contribution in [-0.2, 0) is 50.4 Å². The van der Waals surface area contributed by atoms with Crippen LogP contribution in [0, 0.1) is 5.82 Å². The molecule has 2 fully saturated rings. The van der Waals surface area contributed by atoms with Crippen molar-refractivity contribution in [3.05, 3.63) is 113 Å². The first-order valence-corrected chi connectivity index (χ1v) is 19.5. The van der Waals surface area contributed by atoms with Gasteiger partial charge in [0.25, 0.3) is 0 Å². The Morgan fingerprint density at radius 2 is 1.33 bits per heavy atom. The maximum absolute atomic E-state index is 15.0. The van der Waals surface area contributed by atoms with E-state index in [2.05, 4.69) is 30.8 Å². The molecule has 2 aliphatic heterocycles. The van der Waals surface area contributed by atoms with Crippen LogP contribution < -0.4 is 22.8 Å². The van der Waals surface area contributed by atoms with Crippen molar-refractivity contribution < 1.29 is 9.13 Å². The number of hydrogen-bond donors (Lipinski definition) is 0. The Morgan fingerprint density at radius 3 is 1.88 bits per heavy atom. The van der Waals surface area contributed by atoms with E-state index in [-0.39, 0.29) is 44.5 Å². The largest absolute Gasteiger partial charge is 0.373 e. The quantitative estimate of drug-likeness (QED) is 0.156. The molecule has 2 atom stereocenters. The monoisotopic (exact) mass is 779 g/mol. The van der Waals surface area contributed by atoms with E-state index in [1.165, 1.54) is 19.8 Å². The molecule has 2 unspecified atom stereocenters. The number of alkyl halides is 1. The van der Waals surface area contributed by atoms with Crippen molar-refractivity contribution >= 4 is 15.9 Å². The highest BCUT2D eigenvalue weighted by atomic mass is 79.9. The maximum atomic E-state index is 15.0. The third-order valence-electron chi connectivity index (χ3n) is 10.5. The smallest absolute Gasteiger partial charge is 0.353 e. The van der Waals surface area contributed by atoms with E-state index in [4.69, 9.17) is 4.74 Å². The van der Waals surface area contributed by atoms with Gasteiger partial charge in [-0.1, -0.05) is 58.4 Å². The zero-order chi connectivity index (χ0) is 36.8. The summed E-state index contributed by atoms with van der Waals surface area (Å²) in [6.07, 6.45) is 5.47. The second-order valence-electron chi connectivity index (χ2n) is 13.5. The molecule has 0 N–H and O–H groups in total. The Hall–Kier alpha value is -4.01. The molecule has 0 spiro atoms. The van der Waals surface area contributed by atoms with Gasteiger partial charge in [0.05, 0.1) is 12.7 Å². The van der Waals surface area contributed by atoms with Crippen molar-refractivity contribution in [1.82, 2.24) is 33.1 Å². The summed E-state index contributed by atoms with van der Waals surface area (Å²) in [5.74, 6) is 0.353. The van der Waals surface area contributed by atoms with Crippen LogP contribution in [0.3, 0.4) is 0 Å². The van der Waals surface area contributed by atoms with Crippen molar-refractivity contribution in [2.45, 2.75) is 116 Å². The molecule has 2 aliphatic rings. The summed E-state index contributed by atoms with van der Waals surface area (Å²) < 4.78 is 26.6. The summed E-state index contributed by atoms with van der Waals surface area (Å²) in [5, 5.41) is 0.657. The molecule has 2 aromatic heterocycles. The summed E-state index contributed by atoms with van der Waals surface area (Å²) in [5.41, 5.74) is 0.354. The first kappa shape index (κ1) is 37.7. The molecule has 0 aliphatic carbocycles. The predicted octanol–water partition coefficient (Wildman–Crippen LogP) is 4.14. The van der Waals surface area contributed by atoms with E-state index >= 15 is 0 Å². The molecular formula is C38H47BrFN7O5. The lowest BCUT2D eigenvalue weighted by molar-refractivity contribution is -0.0292. The lowest BCUT2D eigenvalue weighted by atomic mass is 9.98. The topological polar surface area (TPSA) is 126 Å². The first-order valence-electron chi connectivity index (χ1n) is 18.4. The standard InChI is InChI=1S/C38H47BrFN7O5/c1-3-43-33(41-35(48)46(37(43)50)20-9-19-39)17-18-34-42-36(49)47(38(51)44(34)4-2)22-10-21-45-27-15-16-28(45)24-29(23-27)52-25-31-30(13-8-14-32(31)40)26-11-6-5-7-12-26/h5-8,11-14,27-29H,3-4,9-10,15-25H2,1-2H3. The molecule has 12 nitrogen and oxygen atoms in total. The van der Waals surface area contributed by atoms with Gasteiger partial charge in [-0.3, -0.25) is 14.0 Å². The number of piperidine rings is 1. The lowest BCUT2D eigenvalue weighted by Gasteiger charge is -2.39. The van der Waals surface area contributed by atoms with Gasteiger partial charge >= 0.3 is 22.8 Å². The molecule has 278 valence electrons. The van der Waals surface area contributed by atoms with Crippen LogP contribution in [0.4, 0.5) is 4.39 Å². The minimum atomic E-state index is -0.605. The Labute approximate surface area is 310 Å². The molecule has 14 heteroatoms. The molecule has 2 aromatic carbocycles. The van der Waals surface area contributed by atoms with Crippen molar-refractivity contribution in [2.75, 3.05) is 11.9 Å². The molecule has 2 bridgehead atoms. The fourth-order valence-corrected chi connectivity index (χ4v) is 8.16. The Bertz CT molecular complexity index is 2080. The van der Waals surface area contributed by atoms with E-state index in [0.717, 1.165) is 47.9 Å². The number of ether oxygens (including phenoxy) is 1. The minimum Gasteiger partial charge on any atom is -0.373 e. The third kappa shape index (κ3) is 8.13. The lowest BCUT2D eigenvalue weighted by Crippen LogP contribution is -2.47. The van der Waals surface area contributed by atoms with Gasteiger partial charge in [0.2, 0.25) is 0 Å². The molecule has 2 saturated heterocycles. The van der Waals surface area contributed by atoms with E-state index in [1.54, 1.807) is 6.07 Å². The second-order valence-corrected chi connectivity index (χ2v) is 14.3. The number of aryl methyl sites for hydroxylation is 2. The Balaban J connectivity index is 1.06. The maximum Gasteiger partial charge on any atom is 0.353 e. The van der Waals surface area contributed by atoms with E-state index < -0.39 is 22.8 Å². The van der Waals surface area contributed by atoms with Crippen molar-refractivity contribution in [1.29, 1.82) is 0 Å². The summed E-state index contributed by atoms with van der Waals surface area (Å²) in [7, 11) is 0. The van der Waals surface area contributed by atoms with Crippen LogP contribution in [0.5, 0.6) is 0 Å². The van der Waals surface area contributed by atoms with Gasteiger partial charge in [0, 0.05) is 68.5 Å². The molecule has 0 radical (unpaired) electrons. The highest BCUT2D eigenvalue weighted by molar-refractivity contribution is 9.09. The summed E-state index contributed by atoms with van der Waals surface area (Å²) in [6.45, 7) is 5.77. The van der Waals surface area contributed by atoms with Gasteiger partial charge in [-0.15, -0.1) is 0 Å². The number of aromatic nitrogens is 6. The van der Waals surface area contributed by atoms with Crippen LogP contribution in [0.25, 0.3) is 11.1 Å². The average Bonchev–Trinajstić information content (AvgIpc) is 3.37. The average molecular weight is 781 g/mol. The van der Waals surface area contributed by atoms with Crippen LogP contribution in [-0.4, -0.2) is 63.2 Å². The van der Waals surface area contributed by atoms with Gasteiger partial charge in [-0.25, -0.2) is 32.7 Å². The second kappa shape index (κ2) is 17.2. The van der Waals surface area contributed by atoms with Crippen molar-refractivity contribution in [2.24, 2.45) is 0 Å². The Kier molecular flexibility index (Phi) is 12.5. The van der Waals surface area contributed by atoms with E-state index in [1.807, 2.05) is 50.2 Å². The number of fused-ring (bicyclic) bond motifs is 2. The zero-order valence-electron chi connectivity index (χ0n) is 29.9. The van der Waals surface area contributed by atoms with E-state index in [0.29, 0.717) is 60.6 Å². The zero-order valence-corrected chi connectivity index (χ0v) is 31.5. The van der Waals surface area contributed by atoms with E-state index in [9.17, 15) is 23.6 Å². The van der Waals surface area contributed by atoms with Crippen LogP contribution in [0.2, 0.25) is 0 Å². The number of nitrogens with zero attached hydrogens (tertiary/aromatic N) is 7. The first-order chi connectivity index (χ1) is 25.2. The van der Waals surface area contributed by atoms with Crippen molar-refractivity contribution in [3.8, 4) is 11.1 Å². The van der Waals surface area contributed by atoms with Crippen LogP contribution >= 0.6 is 15.9 Å². The summed E-state index contributed by atoms with van der Waals surface area (Å²) in [4.78, 5) is 63.2. The minimum absolute atomic E-state index is 0.0338.